The Labute approximate surface area is 115 Å². The Morgan fingerprint density at radius 3 is 2.40 bits per heavy atom. The molecule has 0 aromatic heterocycles. The van der Waals surface area contributed by atoms with Gasteiger partial charge in [-0.15, -0.1) is 0 Å². The normalized spacial score (nSPS) is 23.8. The van der Waals surface area contributed by atoms with E-state index in [0.717, 1.165) is 12.1 Å². The molecule has 1 saturated carbocycles. The molecule has 8 heteroatoms. The third kappa shape index (κ3) is 3.25. The third-order valence-corrected chi connectivity index (χ3v) is 4.84. The highest BCUT2D eigenvalue weighted by Crippen LogP contribution is 2.24. The van der Waals surface area contributed by atoms with Gasteiger partial charge in [0.25, 0.3) is 0 Å². The summed E-state index contributed by atoms with van der Waals surface area (Å²) in [5.41, 5.74) is 5.18. The number of aliphatic hydroxyl groups is 1. The van der Waals surface area contributed by atoms with Crippen LogP contribution in [0.25, 0.3) is 0 Å². The van der Waals surface area contributed by atoms with Crippen molar-refractivity contribution in [2.45, 2.75) is 42.7 Å². The standard InChI is InChI=1S/C12H16F2N2O3S/c13-10-5-7(15)6-11(12(10)14)20(18,19)16-8-1-3-9(17)4-2-8/h5-6,8-9,16-17H,1-4,15H2. The largest absolute Gasteiger partial charge is 0.399 e. The van der Waals surface area contributed by atoms with Gasteiger partial charge < -0.3 is 10.8 Å². The minimum Gasteiger partial charge on any atom is -0.399 e. The highest BCUT2D eigenvalue weighted by atomic mass is 32.2. The topological polar surface area (TPSA) is 92.4 Å². The molecule has 1 aromatic carbocycles. The van der Waals surface area contributed by atoms with Crippen molar-refractivity contribution in [3.05, 3.63) is 23.8 Å². The molecule has 1 aliphatic rings. The number of hydrogen-bond donors (Lipinski definition) is 3. The summed E-state index contributed by atoms with van der Waals surface area (Å²) in [6.45, 7) is 0. The Morgan fingerprint density at radius 1 is 1.20 bits per heavy atom. The summed E-state index contributed by atoms with van der Waals surface area (Å²) in [7, 11) is -4.18. The summed E-state index contributed by atoms with van der Waals surface area (Å²) in [4.78, 5) is -0.791. The van der Waals surface area contributed by atoms with E-state index < -0.39 is 38.7 Å². The Hall–Kier alpha value is -1.25. The summed E-state index contributed by atoms with van der Waals surface area (Å²) in [6, 6.07) is 1.22. The lowest BCUT2D eigenvalue weighted by molar-refractivity contribution is 0.120. The van der Waals surface area contributed by atoms with Crippen LogP contribution in [0.2, 0.25) is 0 Å². The fourth-order valence-corrected chi connectivity index (χ4v) is 3.68. The Kier molecular flexibility index (Phi) is 4.26. The summed E-state index contributed by atoms with van der Waals surface area (Å²) < 4.78 is 53.3. The maximum atomic E-state index is 13.6. The average Bonchev–Trinajstić information content (AvgIpc) is 2.36. The molecule has 0 heterocycles. The van der Waals surface area contributed by atoms with Crippen LogP contribution in [0, 0.1) is 11.6 Å². The lowest BCUT2D eigenvalue weighted by Crippen LogP contribution is -2.38. The maximum absolute atomic E-state index is 13.6. The molecule has 0 aliphatic heterocycles. The van der Waals surface area contributed by atoms with E-state index in [1.165, 1.54) is 0 Å². The van der Waals surface area contributed by atoms with Crippen molar-refractivity contribution in [2.75, 3.05) is 5.73 Å². The van der Waals surface area contributed by atoms with Crippen LogP contribution in [0.3, 0.4) is 0 Å². The van der Waals surface area contributed by atoms with Gasteiger partial charge in [0.15, 0.2) is 11.6 Å². The predicted molar refractivity (Wildman–Crippen MR) is 69.4 cm³/mol. The Balaban J connectivity index is 2.23. The number of rotatable bonds is 3. The first-order valence-electron chi connectivity index (χ1n) is 6.24. The summed E-state index contributed by atoms with van der Waals surface area (Å²) in [5.74, 6) is -2.74. The molecule has 1 aliphatic carbocycles. The highest BCUT2D eigenvalue weighted by molar-refractivity contribution is 7.89. The zero-order chi connectivity index (χ0) is 14.9. The van der Waals surface area contributed by atoms with E-state index >= 15 is 0 Å². The molecule has 5 nitrogen and oxygen atoms in total. The quantitative estimate of drug-likeness (QED) is 0.730. The van der Waals surface area contributed by atoms with Gasteiger partial charge in [-0.1, -0.05) is 0 Å². The van der Waals surface area contributed by atoms with E-state index in [0.29, 0.717) is 25.7 Å². The van der Waals surface area contributed by atoms with Crippen LogP contribution in [-0.2, 0) is 10.0 Å². The number of nitrogen functional groups attached to an aromatic ring is 1. The molecule has 1 fully saturated rings. The fourth-order valence-electron chi connectivity index (χ4n) is 2.26. The number of nitrogens with two attached hydrogens (primary N) is 1. The van der Waals surface area contributed by atoms with E-state index in [1.807, 2.05) is 0 Å². The van der Waals surface area contributed by atoms with Gasteiger partial charge in [-0.25, -0.2) is 21.9 Å². The number of aliphatic hydroxyl groups excluding tert-OH is 1. The van der Waals surface area contributed by atoms with E-state index in [4.69, 9.17) is 5.73 Å². The minimum atomic E-state index is -4.18. The number of sulfonamides is 1. The van der Waals surface area contributed by atoms with Crippen LogP contribution in [0.15, 0.2) is 17.0 Å². The lowest BCUT2D eigenvalue weighted by atomic mass is 9.94. The van der Waals surface area contributed by atoms with Crippen molar-refractivity contribution in [3.8, 4) is 0 Å². The monoisotopic (exact) mass is 306 g/mol. The van der Waals surface area contributed by atoms with Crippen LogP contribution < -0.4 is 10.5 Å². The Morgan fingerprint density at radius 2 is 1.80 bits per heavy atom. The second-order valence-corrected chi connectivity index (χ2v) is 6.62. The lowest BCUT2D eigenvalue weighted by Gasteiger charge is -2.26. The molecule has 0 spiro atoms. The number of hydrogen-bond acceptors (Lipinski definition) is 4. The molecule has 0 saturated heterocycles. The van der Waals surface area contributed by atoms with Crippen molar-refractivity contribution >= 4 is 15.7 Å². The van der Waals surface area contributed by atoms with Gasteiger partial charge in [0, 0.05) is 11.7 Å². The molecule has 112 valence electrons. The molecule has 20 heavy (non-hydrogen) atoms. The van der Waals surface area contributed by atoms with Gasteiger partial charge in [0.2, 0.25) is 10.0 Å². The smallest absolute Gasteiger partial charge is 0.243 e. The molecule has 1 aromatic rings. The third-order valence-electron chi connectivity index (χ3n) is 3.33. The van der Waals surface area contributed by atoms with Crippen molar-refractivity contribution < 1.29 is 22.3 Å². The minimum absolute atomic E-state index is 0.164. The summed E-state index contributed by atoms with van der Waals surface area (Å²) in [6.07, 6.45) is 1.42. The first kappa shape index (κ1) is 15.1. The van der Waals surface area contributed by atoms with Gasteiger partial charge in [0.05, 0.1) is 6.10 Å². The molecular weight excluding hydrogens is 290 g/mol. The second kappa shape index (κ2) is 5.63. The number of halogens is 2. The second-order valence-electron chi connectivity index (χ2n) is 4.94. The van der Waals surface area contributed by atoms with Crippen LogP contribution in [0.4, 0.5) is 14.5 Å². The van der Waals surface area contributed by atoms with Crippen molar-refractivity contribution in [2.24, 2.45) is 0 Å². The molecule has 0 unspecified atom stereocenters. The van der Waals surface area contributed by atoms with E-state index in [1.54, 1.807) is 0 Å². The Bertz CT molecular complexity index is 599. The van der Waals surface area contributed by atoms with Crippen molar-refractivity contribution in [3.63, 3.8) is 0 Å². The van der Waals surface area contributed by atoms with Gasteiger partial charge in [-0.05, 0) is 37.8 Å². The molecule has 0 radical (unpaired) electrons. The van der Waals surface area contributed by atoms with Crippen LogP contribution in [0.1, 0.15) is 25.7 Å². The van der Waals surface area contributed by atoms with Crippen molar-refractivity contribution in [1.82, 2.24) is 4.72 Å². The van der Waals surface area contributed by atoms with Crippen LogP contribution >= 0.6 is 0 Å². The average molecular weight is 306 g/mol. The first-order valence-corrected chi connectivity index (χ1v) is 7.73. The maximum Gasteiger partial charge on any atom is 0.243 e. The predicted octanol–water partition coefficient (Wildman–Crippen LogP) is 1.13. The van der Waals surface area contributed by atoms with E-state index in [9.17, 15) is 22.3 Å². The zero-order valence-electron chi connectivity index (χ0n) is 10.6. The fraction of sp³-hybridized carbons (Fsp3) is 0.500. The van der Waals surface area contributed by atoms with Gasteiger partial charge >= 0.3 is 0 Å². The SMILES string of the molecule is Nc1cc(F)c(F)c(S(=O)(=O)NC2CCC(O)CC2)c1. The number of nitrogens with one attached hydrogen (secondary N) is 1. The van der Waals surface area contributed by atoms with Gasteiger partial charge in [-0.2, -0.15) is 0 Å². The van der Waals surface area contributed by atoms with E-state index in [2.05, 4.69) is 4.72 Å². The molecule has 0 atom stereocenters. The van der Waals surface area contributed by atoms with E-state index in [-0.39, 0.29) is 5.69 Å². The van der Waals surface area contributed by atoms with Crippen LogP contribution in [0.5, 0.6) is 0 Å². The molecule has 0 amide bonds. The zero-order valence-corrected chi connectivity index (χ0v) is 11.5. The first-order chi connectivity index (χ1) is 9.29. The highest BCUT2D eigenvalue weighted by Gasteiger charge is 2.28. The molecular formula is C12H16F2N2O3S. The summed E-state index contributed by atoms with van der Waals surface area (Å²) >= 11 is 0. The molecule has 2 rings (SSSR count). The van der Waals surface area contributed by atoms with Gasteiger partial charge in [0.1, 0.15) is 4.90 Å². The molecule has 0 bridgehead atoms. The summed E-state index contributed by atoms with van der Waals surface area (Å²) in [5, 5.41) is 9.36. The van der Waals surface area contributed by atoms with Crippen LogP contribution in [-0.4, -0.2) is 25.7 Å². The number of anilines is 1. The number of benzene rings is 1. The molecule has 4 N–H and O–H groups in total. The van der Waals surface area contributed by atoms with Gasteiger partial charge in [-0.3, -0.25) is 0 Å². The van der Waals surface area contributed by atoms with Crippen molar-refractivity contribution in [1.29, 1.82) is 0 Å².